The van der Waals surface area contributed by atoms with Crippen LogP contribution < -0.4 is 0 Å². The molecule has 0 aliphatic rings. The first-order chi connectivity index (χ1) is 10.8. The molecular formula is C16H36N2O4. The van der Waals surface area contributed by atoms with E-state index < -0.39 is 0 Å². The van der Waals surface area contributed by atoms with E-state index in [1.54, 1.807) is 0 Å². The summed E-state index contributed by atoms with van der Waals surface area (Å²) in [5.74, 6) is 0. The molecule has 134 valence electrons. The SMILES string of the molecule is OCCCN(CCCO)CCCCN(CCCO)CCCO. The molecule has 0 saturated heterocycles. The van der Waals surface area contributed by atoms with Crippen molar-refractivity contribution in [2.75, 3.05) is 65.7 Å². The lowest BCUT2D eigenvalue weighted by Gasteiger charge is -2.24. The molecule has 0 unspecified atom stereocenters. The van der Waals surface area contributed by atoms with E-state index in [0.29, 0.717) is 0 Å². The van der Waals surface area contributed by atoms with Gasteiger partial charge in [-0.3, -0.25) is 0 Å². The maximum absolute atomic E-state index is 8.93. The third-order valence-electron chi connectivity index (χ3n) is 3.73. The monoisotopic (exact) mass is 320 g/mol. The molecule has 0 saturated carbocycles. The molecule has 0 fully saturated rings. The first kappa shape index (κ1) is 21.8. The molecule has 6 nitrogen and oxygen atoms in total. The van der Waals surface area contributed by atoms with E-state index in [-0.39, 0.29) is 26.4 Å². The van der Waals surface area contributed by atoms with E-state index in [1.807, 2.05) is 0 Å². The van der Waals surface area contributed by atoms with Gasteiger partial charge in [-0.05, 0) is 51.6 Å². The van der Waals surface area contributed by atoms with E-state index in [9.17, 15) is 0 Å². The van der Waals surface area contributed by atoms with E-state index >= 15 is 0 Å². The third-order valence-corrected chi connectivity index (χ3v) is 3.73. The Hall–Kier alpha value is -0.240. The summed E-state index contributed by atoms with van der Waals surface area (Å²) in [5.41, 5.74) is 0. The van der Waals surface area contributed by atoms with Gasteiger partial charge in [0.25, 0.3) is 0 Å². The quantitative estimate of drug-likeness (QED) is 0.280. The maximum atomic E-state index is 8.93. The van der Waals surface area contributed by atoms with Gasteiger partial charge in [0.15, 0.2) is 0 Å². The van der Waals surface area contributed by atoms with Crippen molar-refractivity contribution in [3.63, 3.8) is 0 Å². The summed E-state index contributed by atoms with van der Waals surface area (Å²) in [7, 11) is 0. The number of aliphatic hydroxyl groups excluding tert-OH is 4. The Labute approximate surface area is 135 Å². The molecule has 0 aromatic heterocycles. The van der Waals surface area contributed by atoms with Gasteiger partial charge < -0.3 is 30.2 Å². The lowest BCUT2D eigenvalue weighted by Crippen LogP contribution is -2.31. The molecule has 4 N–H and O–H groups in total. The fourth-order valence-electron chi connectivity index (χ4n) is 2.52. The Bertz CT molecular complexity index is 182. The zero-order chi connectivity index (χ0) is 16.5. The van der Waals surface area contributed by atoms with Crippen molar-refractivity contribution in [1.82, 2.24) is 9.80 Å². The van der Waals surface area contributed by atoms with Crippen molar-refractivity contribution in [1.29, 1.82) is 0 Å². The molecular weight excluding hydrogens is 284 g/mol. The summed E-state index contributed by atoms with van der Waals surface area (Å²) < 4.78 is 0. The Morgan fingerprint density at radius 1 is 0.364 bits per heavy atom. The smallest absolute Gasteiger partial charge is 0.0443 e. The average molecular weight is 320 g/mol. The summed E-state index contributed by atoms with van der Waals surface area (Å²) >= 11 is 0. The Kier molecular flexibility index (Phi) is 16.9. The fourth-order valence-corrected chi connectivity index (χ4v) is 2.52. The van der Waals surface area contributed by atoms with Crippen LogP contribution in [0.2, 0.25) is 0 Å². The van der Waals surface area contributed by atoms with Crippen LogP contribution in [0.1, 0.15) is 38.5 Å². The summed E-state index contributed by atoms with van der Waals surface area (Å²) in [4.78, 5) is 4.61. The van der Waals surface area contributed by atoms with Gasteiger partial charge in [0.05, 0.1) is 0 Å². The van der Waals surface area contributed by atoms with E-state index in [2.05, 4.69) is 9.80 Å². The minimum absolute atomic E-state index is 0.214. The molecule has 0 aromatic carbocycles. The first-order valence-electron chi connectivity index (χ1n) is 8.66. The summed E-state index contributed by atoms with van der Waals surface area (Å²) in [6, 6.07) is 0. The average Bonchev–Trinajstić information content (AvgIpc) is 2.54. The van der Waals surface area contributed by atoms with Gasteiger partial charge in [-0.15, -0.1) is 0 Å². The number of rotatable bonds is 17. The molecule has 0 amide bonds. The molecule has 0 aromatic rings. The van der Waals surface area contributed by atoms with Gasteiger partial charge >= 0.3 is 0 Å². The van der Waals surface area contributed by atoms with Crippen LogP contribution in [0.25, 0.3) is 0 Å². The summed E-state index contributed by atoms with van der Waals surface area (Å²) in [6.07, 6.45) is 5.31. The van der Waals surface area contributed by atoms with Crippen LogP contribution in [0.5, 0.6) is 0 Å². The Morgan fingerprint density at radius 3 is 0.818 bits per heavy atom. The molecule has 0 heterocycles. The predicted molar refractivity (Wildman–Crippen MR) is 88.9 cm³/mol. The van der Waals surface area contributed by atoms with Crippen molar-refractivity contribution >= 4 is 0 Å². The summed E-state index contributed by atoms with van der Waals surface area (Å²) in [5, 5.41) is 35.7. The van der Waals surface area contributed by atoms with Crippen molar-refractivity contribution in [3.05, 3.63) is 0 Å². The van der Waals surface area contributed by atoms with Crippen molar-refractivity contribution in [2.24, 2.45) is 0 Å². The van der Waals surface area contributed by atoms with Crippen molar-refractivity contribution in [3.8, 4) is 0 Å². The fraction of sp³-hybridized carbons (Fsp3) is 1.00. The normalized spacial score (nSPS) is 11.7. The highest BCUT2D eigenvalue weighted by atomic mass is 16.3. The molecule has 0 atom stereocenters. The van der Waals surface area contributed by atoms with E-state index in [1.165, 1.54) is 0 Å². The molecule has 0 spiro atoms. The highest BCUT2D eigenvalue weighted by Gasteiger charge is 2.07. The zero-order valence-electron chi connectivity index (χ0n) is 14.0. The van der Waals surface area contributed by atoms with Crippen LogP contribution in [0.3, 0.4) is 0 Å². The van der Waals surface area contributed by atoms with E-state index in [0.717, 1.165) is 77.8 Å². The van der Waals surface area contributed by atoms with Crippen LogP contribution in [-0.2, 0) is 0 Å². The number of hydrogen-bond acceptors (Lipinski definition) is 6. The standard InChI is InChI=1S/C16H36N2O4/c19-13-3-9-17(10-4-14-20)7-1-2-8-18(11-5-15-21)12-6-16-22/h19-22H,1-16H2. The second-order valence-electron chi connectivity index (χ2n) is 5.70. The molecule has 0 rings (SSSR count). The lowest BCUT2D eigenvalue weighted by molar-refractivity contribution is 0.185. The molecule has 22 heavy (non-hydrogen) atoms. The highest BCUT2D eigenvalue weighted by molar-refractivity contribution is 4.62. The van der Waals surface area contributed by atoms with Crippen LogP contribution in [0.4, 0.5) is 0 Å². The lowest BCUT2D eigenvalue weighted by atomic mass is 10.2. The van der Waals surface area contributed by atoms with Gasteiger partial charge in [0, 0.05) is 52.6 Å². The molecule has 6 heteroatoms. The van der Waals surface area contributed by atoms with Gasteiger partial charge in [0.2, 0.25) is 0 Å². The molecule has 0 aliphatic heterocycles. The van der Waals surface area contributed by atoms with Gasteiger partial charge in [-0.25, -0.2) is 0 Å². The van der Waals surface area contributed by atoms with Crippen LogP contribution in [0.15, 0.2) is 0 Å². The third kappa shape index (κ3) is 13.4. The van der Waals surface area contributed by atoms with Crippen LogP contribution in [0, 0.1) is 0 Å². The topological polar surface area (TPSA) is 87.4 Å². The highest BCUT2D eigenvalue weighted by Crippen LogP contribution is 2.02. The Balaban J connectivity index is 3.88. The van der Waals surface area contributed by atoms with E-state index in [4.69, 9.17) is 20.4 Å². The predicted octanol–water partition coefficient (Wildman–Crippen LogP) is -0.0998. The van der Waals surface area contributed by atoms with Gasteiger partial charge in [-0.1, -0.05) is 0 Å². The van der Waals surface area contributed by atoms with Gasteiger partial charge in [-0.2, -0.15) is 0 Å². The van der Waals surface area contributed by atoms with Crippen molar-refractivity contribution in [2.45, 2.75) is 38.5 Å². The minimum atomic E-state index is 0.214. The maximum Gasteiger partial charge on any atom is 0.0443 e. The summed E-state index contributed by atoms with van der Waals surface area (Å²) in [6.45, 7) is 6.38. The number of unbranched alkanes of at least 4 members (excludes halogenated alkanes) is 1. The minimum Gasteiger partial charge on any atom is -0.396 e. The molecule has 0 bridgehead atoms. The Morgan fingerprint density at radius 2 is 0.591 bits per heavy atom. The molecule has 0 radical (unpaired) electrons. The molecule has 0 aliphatic carbocycles. The number of aliphatic hydroxyl groups is 4. The van der Waals surface area contributed by atoms with Crippen molar-refractivity contribution < 1.29 is 20.4 Å². The van der Waals surface area contributed by atoms with Crippen LogP contribution in [-0.4, -0.2) is 95.9 Å². The second kappa shape index (κ2) is 17.1. The second-order valence-corrected chi connectivity index (χ2v) is 5.70. The van der Waals surface area contributed by atoms with Crippen LogP contribution >= 0.6 is 0 Å². The zero-order valence-corrected chi connectivity index (χ0v) is 14.0. The first-order valence-corrected chi connectivity index (χ1v) is 8.66. The largest absolute Gasteiger partial charge is 0.396 e. The number of nitrogens with zero attached hydrogens (tertiary/aromatic N) is 2. The van der Waals surface area contributed by atoms with Gasteiger partial charge in [0.1, 0.15) is 0 Å². The number of hydrogen-bond donors (Lipinski definition) is 4.